The number of halogens is 1. The van der Waals surface area contributed by atoms with Crippen molar-refractivity contribution in [3.05, 3.63) is 65.0 Å². The summed E-state index contributed by atoms with van der Waals surface area (Å²) in [6.07, 6.45) is 4.50. The summed E-state index contributed by atoms with van der Waals surface area (Å²) in [6.45, 7) is 5.40. The highest BCUT2D eigenvalue weighted by Gasteiger charge is 2.24. The third-order valence-electron chi connectivity index (χ3n) is 5.98. The predicted molar refractivity (Wildman–Crippen MR) is 118 cm³/mol. The largest absolute Gasteiger partial charge is 0.342 e. The summed E-state index contributed by atoms with van der Waals surface area (Å²) in [5.74, 6) is 0.183. The Bertz CT molecular complexity index is 896. The minimum Gasteiger partial charge on any atom is -0.342 e. The fourth-order valence-electron chi connectivity index (χ4n) is 4.13. The van der Waals surface area contributed by atoms with Crippen molar-refractivity contribution in [1.82, 2.24) is 4.90 Å². The quantitative estimate of drug-likeness (QED) is 0.696. The summed E-state index contributed by atoms with van der Waals surface area (Å²) in [4.78, 5) is 27.0. The molecule has 2 aromatic rings. The van der Waals surface area contributed by atoms with E-state index < -0.39 is 0 Å². The van der Waals surface area contributed by atoms with Crippen molar-refractivity contribution in [1.29, 1.82) is 0 Å². The van der Waals surface area contributed by atoms with Gasteiger partial charge in [0.25, 0.3) is 0 Å². The van der Waals surface area contributed by atoms with Crippen LogP contribution in [0.3, 0.4) is 0 Å². The normalized spacial score (nSPS) is 16.4. The lowest BCUT2D eigenvalue weighted by atomic mass is 9.92. The lowest BCUT2D eigenvalue weighted by molar-refractivity contribution is -0.133. The Balaban J connectivity index is 1.44. The van der Waals surface area contributed by atoms with E-state index in [0.29, 0.717) is 30.0 Å². The maximum Gasteiger partial charge on any atom is 0.224 e. The molecule has 160 valence electrons. The molecule has 0 aliphatic carbocycles. The van der Waals surface area contributed by atoms with Crippen molar-refractivity contribution >= 4 is 17.5 Å². The van der Waals surface area contributed by atoms with Gasteiger partial charge >= 0.3 is 0 Å². The van der Waals surface area contributed by atoms with Gasteiger partial charge in [-0.05, 0) is 80.3 Å². The van der Waals surface area contributed by atoms with Crippen LogP contribution < -0.4 is 5.32 Å². The molecule has 5 heteroatoms. The fourth-order valence-corrected chi connectivity index (χ4v) is 4.13. The van der Waals surface area contributed by atoms with E-state index in [1.165, 1.54) is 23.3 Å². The van der Waals surface area contributed by atoms with Crippen LogP contribution in [0.15, 0.2) is 42.5 Å². The van der Waals surface area contributed by atoms with Crippen LogP contribution in [0, 0.1) is 25.6 Å². The number of amides is 2. The van der Waals surface area contributed by atoms with Gasteiger partial charge in [0.2, 0.25) is 11.8 Å². The minimum absolute atomic E-state index is 0.0623. The molecular formula is C25H31FN2O2. The number of nitrogens with zero attached hydrogens (tertiary/aromatic N) is 1. The Morgan fingerprint density at radius 2 is 1.90 bits per heavy atom. The first-order chi connectivity index (χ1) is 14.4. The molecule has 1 fully saturated rings. The van der Waals surface area contributed by atoms with E-state index in [-0.39, 0.29) is 17.6 Å². The number of benzene rings is 2. The highest BCUT2D eigenvalue weighted by molar-refractivity contribution is 5.91. The molecule has 0 spiro atoms. The van der Waals surface area contributed by atoms with Crippen molar-refractivity contribution in [3.63, 3.8) is 0 Å². The first-order valence-corrected chi connectivity index (χ1v) is 10.8. The summed E-state index contributed by atoms with van der Waals surface area (Å²) >= 11 is 0. The number of aryl methyl sites for hydroxylation is 3. The highest BCUT2D eigenvalue weighted by atomic mass is 19.1. The second-order valence-corrected chi connectivity index (χ2v) is 8.32. The lowest BCUT2D eigenvalue weighted by Crippen LogP contribution is -2.40. The van der Waals surface area contributed by atoms with Crippen LogP contribution in [0.25, 0.3) is 0 Å². The molecule has 1 saturated heterocycles. The Hall–Kier alpha value is -2.69. The molecule has 1 aliphatic rings. The SMILES string of the molecule is Cc1ccccc1CCC(=O)N1CCC[C@@H](CCC(=O)Nc2ccc(F)cc2C)C1. The Kier molecular flexibility index (Phi) is 7.61. The van der Waals surface area contributed by atoms with Crippen LogP contribution in [-0.2, 0) is 16.0 Å². The summed E-state index contributed by atoms with van der Waals surface area (Å²) in [6, 6.07) is 12.6. The van der Waals surface area contributed by atoms with Gasteiger partial charge in [-0.3, -0.25) is 9.59 Å². The molecule has 1 heterocycles. The number of anilines is 1. The number of rotatable bonds is 7. The van der Waals surface area contributed by atoms with E-state index in [2.05, 4.69) is 24.4 Å². The standard InChI is InChI=1S/C25H31FN2O2/c1-18-6-3-4-8-21(18)10-14-25(30)28-15-5-7-20(17-28)9-13-24(29)27-23-12-11-22(26)16-19(23)2/h3-4,6,8,11-12,16,20H,5,7,9-10,13-15,17H2,1-2H3,(H,27,29)/t20-/m0/s1. The maximum absolute atomic E-state index is 13.2. The summed E-state index contributed by atoms with van der Waals surface area (Å²) in [7, 11) is 0. The first kappa shape index (κ1) is 22.0. The average Bonchev–Trinajstić information content (AvgIpc) is 2.74. The topological polar surface area (TPSA) is 49.4 Å². The molecule has 2 amide bonds. The van der Waals surface area contributed by atoms with Gasteiger partial charge in [0.05, 0.1) is 0 Å². The zero-order valence-electron chi connectivity index (χ0n) is 17.9. The van der Waals surface area contributed by atoms with Crippen LogP contribution in [0.4, 0.5) is 10.1 Å². The van der Waals surface area contributed by atoms with E-state index in [0.717, 1.165) is 38.8 Å². The van der Waals surface area contributed by atoms with Gasteiger partial charge in [0.1, 0.15) is 5.82 Å². The Labute approximate surface area is 178 Å². The number of hydrogen-bond acceptors (Lipinski definition) is 2. The molecule has 1 atom stereocenters. The molecule has 1 aliphatic heterocycles. The van der Waals surface area contributed by atoms with Crippen molar-refractivity contribution < 1.29 is 14.0 Å². The minimum atomic E-state index is -0.306. The fraction of sp³-hybridized carbons (Fsp3) is 0.440. The maximum atomic E-state index is 13.2. The second kappa shape index (κ2) is 10.4. The van der Waals surface area contributed by atoms with Crippen molar-refractivity contribution in [2.24, 2.45) is 5.92 Å². The number of nitrogens with one attached hydrogen (secondary N) is 1. The van der Waals surface area contributed by atoms with Crippen LogP contribution in [-0.4, -0.2) is 29.8 Å². The molecule has 0 aromatic heterocycles. The monoisotopic (exact) mass is 410 g/mol. The van der Waals surface area contributed by atoms with E-state index >= 15 is 0 Å². The van der Waals surface area contributed by atoms with Crippen LogP contribution in [0.5, 0.6) is 0 Å². The Morgan fingerprint density at radius 3 is 2.67 bits per heavy atom. The van der Waals surface area contributed by atoms with Gasteiger partial charge < -0.3 is 10.2 Å². The van der Waals surface area contributed by atoms with Crippen molar-refractivity contribution in [2.45, 2.75) is 52.4 Å². The lowest BCUT2D eigenvalue weighted by Gasteiger charge is -2.33. The highest BCUT2D eigenvalue weighted by Crippen LogP contribution is 2.23. The summed E-state index contributed by atoms with van der Waals surface area (Å²) in [5, 5.41) is 2.87. The smallest absolute Gasteiger partial charge is 0.224 e. The first-order valence-electron chi connectivity index (χ1n) is 10.8. The number of hydrogen-bond donors (Lipinski definition) is 1. The number of carbonyl (C=O) groups excluding carboxylic acids is 2. The van der Waals surface area contributed by atoms with Gasteiger partial charge in [0, 0.05) is 31.6 Å². The van der Waals surface area contributed by atoms with Gasteiger partial charge in [0.15, 0.2) is 0 Å². The molecule has 30 heavy (non-hydrogen) atoms. The van der Waals surface area contributed by atoms with Crippen LogP contribution in [0.2, 0.25) is 0 Å². The van der Waals surface area contributed by atoms with Crippen LogP contribution >= 0.6 is 0 Å². The molecule has 0 bridgehead atoms. The molecule has 2 aromatic carbocycles. The third-order valence-corrected chi connectivity index (χ3v) is 5.98. The van der Waals surface area contributed by atoms with E-state index in [1.54, 1.807) is 13.0 Å². The third kappa shape index (κ3) is 6.15. The molecule has 3 rings (SSSR count). The van der Waals surface area contributed by atoms with Gasteiger partial charge in [-0.2, -0.15) is 0 Å². The van der Waals surface area contributed by atoms with Gasteiger partial charge in [-0.25, -0.2) is 4.39 Å². The summed E-state index contributed by atoms with van der Waals surface area (Å²) < 4.78 is 13.2. The predicted octanol–water partition coefficient (Wildman–Crippen LogP) is 5.03. The average molecular weight is 411 g/mol. The Morgan fingerprint density at radius 1 is 1.10 bits per heavy atom. The molecule has 4 nitrogen and oxygen atoms in total. The molecular weight excluding hydrogens is 379 g/mol. The van der Waals surface area contributed by atoms with Crippen molar-refractivity contribution in [2.75, 3.05) is 18.4 Å². The zero-order valence-corrected chi connectivity index (χ0v) is 17.9. The number of carbonyl (C=O) groups is 2. The summed E-state index contributed by atoms with van der Waals surface area (Å²) in [5.41, 5.74) is 3.82. The molecule has 1 N–H and O–H groups in total. The van der Waals surface area contributed by atoms with E-state index in [9.17, 15) is 14.0 Å². The van der Waals surface area contributed by atoms with Gasteiger partial charge in [-0.15, -0.1) is 0 Å². The van der Waals surface area contributed by atoms with E-state index in [1.807, 2.05) is 17.0 Å². The van der Waals surface area contributed by atoms with Crippen LogP contribution in [0.1, 0.15) is 48.8 Å². The molecule has 0 unspecified atom stereocenters. The van der Waals surface area contributed by atoms with Crippen molar-refractivity contribution in [3.8, 4) is 0 Å². The zero-order chi connectivity index (χ0) is 21.5. The van der Waals surface area contributed by atoms with Gasteiger partial charge in [-0.1, -0.05) is 24.3 Å². The number of piperidine rings is 1. The van der Waals surface area contributed by atoms with E-state index in [4.69, 9.17) is 0 Å². The second-order valence-electron chi connectivity index (χ2n) is 8.32. The molecule has 0 saturated carbocycles. The number of likely N-dealkylation sites (tertiary alicyclic amines) is 1. The molecule has 0 radical (unpaired) electrons.